The van der Waals surface area contributed by atoms with Gasteiger partial charge in [0.2, 0.25) is 0 Å². The number of benzene rings is 2. The summed E-state index contributed by atoms with van der Waals surface area (Å²) in [6.07, 6.45) is 6.08. The van der Waals surface area contributed by atoms with Gasteiger partial charge in [-0.15, -0.1) is 0 Å². The molecule has 1 N–H and O–H groups in total. The van der Waals surface area contributed by atoms with Gasteiger partial charge in [-0.1, -0.05) is 12.1 Å². The first-order chi connectivity index (χ1) is 16.1. The number of hydrogen-bond acceptors (Lipinski definition) is 4. The summed E-state index contributed by atoms with van der Waals surface area (Å²) in [6, 6.07) is 14.3. The van der Waals surface area contributed by atoms with Crippen molar-refractivity contribution in [3.05, 3.63) is 89.8 Å². The Kier molecular flexibility index (Phi) is 7.50. The van der Waals surface area contributed by atoms with E-state index in [1.165, 1.54) is 36.0 Å². The number of amides is 1. The number of piperidine rings is 1. The van der Waals surface area contributed by atoms with Crippen LogP contribution in [0.2, 0.25) is 0 Å². The highest BCUT2D eigenvalue weighted by molar-refractivity contribution is 5.94. The molecular formula is C26H27F2N3O2. The molecule has 2 heterocycles. The lowest BCUT2D eigenvalue weighted by Crippen LogP contribution is -2.38. The maximum Gasteiger partial charge on any atom is 0.251 e. The molecule has 0 saturated carbocycles. The quantitative estimate of drug-likeness (QED) is 0.543. The van der Waals surface area contributed by atoms with Gasteiger partial charge < -0.3 is 15.0 Å². The van der Waals surface area contributed by atoms with Crippen molar-refractivity contribution >= 4 is 11.6 Å². The fourth-order valence-electron chi connectivity index (χ4n) is 3.97. The Bertz CT molecular complexity index is 1050. The number of nitrogens with one attached hydrogen (secondary N) is 1. The monoisotopic (exact) mass is 451 g/mol. The van der Waals surface area contributed by atoms with Crippen molar-refractivity contribution in [3.8, 4) is 5.75 Å². The van der Waals surface area contributed by atoms with Gasteiger partial charge in [0.25, 0.3) is 5.91 Å². The minimum atomic E-state index is -0.519. The number of nitrogens with zero attached hydrogens (tertiary/aromatic N) is 2. The molecule has 1 saturated heterocycles. The van der Waals surface area contributed by atoms with Crippen LogP contribution in [-0.4, -0.2) is 37.1 Å². The Hall–Kier alpha value is -3.48. The topological polar surface area (TPSA) is 54.5 Å². The van der Waals surface area contributed by atoms with Crippen molar-refractivity contribution in [3.63, 3.8) is 0 Å². The van der Waals surface area contributed by atoms with Gasteiger partial charge in [-0.25, -0.2) is 8.78 Å². The summed E-state index contributed by atoms with van der Waals surface area (Å²) in [5.41, 5.74) is 2.42. The summed E-state index contributed by atoms with van der Waals surface area (Å²) in [5.74, 6) is -0.623. The van der Waals surface area contributed by atoms with Crippen LogP contribution in [-0.2, 0) is 6.42 Å². The minimum Gasteiger partial charge on any atom is -0.490 e. The van der Waals surface area contributed by atoms with Gasteiger partial charge in [0.05, 0.1) is 6.61 Å². The summed E-state index contributed by atoms with van der Waals surface area (Å²) in [4.78, 5) is 19.0. The fraction of sp³-hybridized carbons (Fsp3) is 0.308. The SMILES string of the molecule is O=C(NCC1CCN(c2ccncc2)CC1)c1ccc(F)c(OCCc2ccc(F)cc2)c1. The average molecular weight is 452 g/mol. The van der Waals surface area contributed by atoms with Gasteiger partial charge >= 0.3 is 0 Å². The van der Waals surface area contributed by atoms with Gasteiger partial charge in [-0.2, -0.15) is 0 Å². The van der Waals surface area contributed by atoms with E-state index in [0.29, 0.717) is 24.4 Å². The van der Waals surface area contributed by atoms with E-state index >= 15 is 0 Å². The Morgan fingerprint density at radius 2 is 1.76 bits per heavy atom. The van der Waals surface area contributed by atoms with Crippen LogP contribution in [0.1, 0.15) is 28.8 Å². The van der Waals surface area contributed by atoms with Crippen LogP contribution in [0.4, 0.5) is 14.5 Å². The van der Waals surface area contributed by atoms with Crippen molar-refractivity contribution in [2.75, 3.05) is 31.1 Å². The normalized spacial score (nSPS) is 14.2. The van der Waals surface area contributed by atoms with Crippen LogP contribution in [0.25, 0.3) is 0 Å². The number of ether oxygens (including phenoxy) is 1. The lowest BCUT2D eigenvalue weighted by atomic mass is 9.96. The third kappa shape index (κ3) is 6.28. The standard InChI is InChI=1S/C26H27F2N3O2/c27-22-4-1-19(2-5-22)11-16-33-25-17-21(3-6-24(25)28)26(32)30-18-20-9-14-31(15-10-20)23-7-12-29-13-8-23/h1-8,12-13,17,20H,9-11,14-16,18H2,(H,30,32). The van der Waals surface area contributed by atoms with Crippen LogP contribution in [0.3, 0.4) is 0 Å². The Labute approximate surface area is 192 Å². The first-order valence-electron chi connectivity index (χ1n) is 11.2. The molecule has 1 amide bonds. The molecular weight excluding hydrogens is 424 g/mol. The third-order valence-corrected chi connectivity index (χ3v) is 5.95. The number of halogens is 2. The summed E-state index contributed by atoms with van der Waals surface area (Å²) < 4.78 is 32.7. The molecule has 172 valence electrons. The van der Waals surface area contributed by atoms with Gasteiger partial charge in [-0.3, -0.25) is 9.78 Å². The largest absolute Gasteiger partial charge is 0.490 e. The zero-order valence-corrected chi connectivity index (χ0v) is 18.3. The molecule has 33 heavy (non-hydrogen) atoms. The Morgan fingerprint density at radius 1 is 1.03 bits per heavy atom. The smallest absolute Gasteiger partial charge is 0.251 e. The molecule has 4 rings (SSSR count). The van der Waals surface area contributed by atoms with Gasteiger partial charge in [0, 0.05) is 49.7 Å². The first-order valence-corrected chi connectivity index (χ1v) is 11.2. The van der Waals surface area contributed by atoms with Crippen molar-refractivity contribution < 1.29 is 18.3 Å². The maximum atomic E-state index is 14.2. The van der Waals surface area contributed by atoms with Crippen molar-refractivity contribution in [1.82, 2.24) is 10.3 Å². The molecule has 0 aliphatic carbocycles. The van der Waals surface area contributed by atoms with Crippen LogP contribution < -0.4 is 15.0 Å². The summed E-state index contributed by atoms with van der Waals surface area (Å²) >= 11 is 0. The predicted molar refractivity (Wildman–Crippen MR) is 124 cm³/mol. The molecule has 0 spiro atoms. The van der Waals surface area contributed by atoms with E-state index < -0.39 is 5.82 Å². The summed E-state index contributed by atoms with van der Waals surface area (Å²) in [7, 11) is 0. The summed E-state index contributed by atoms with van der Waals surface area (Å²) in [5, 5.41) is 2.98. The van der Waals surface area contributed by atoms with Crippen molar-refractivity contribution in [1.29, 1.82) is 0 Å². The van der Waals surface area contributed by atoms with E-state index in [2.05, 4.69) is 15.2 Å². The number of aromatic nitrogens is 1. The van der Waals surface area contributed by atoms with Crippen molar-refractivity contribution in [2.24, 2.45) is 5.92 Å². The molecule has 1 aliphatic heterocycles. The Morgan fingerprint density at radius 3 is 2.48 bits per heavy atom. The molecule has 0 radical (unpaired) electrons. The van der Waals surface area contributed by atoms with Crippen LogP contribution >= 0.6 is 0 Å². The molecule has 0 atom stereocenters. The number of pyridine rings is 1. The third-order valence-electron chi connectivity index (χ3n) is 5.95. The second kappa shape index (κ2) is 10.9. The predicted octanol–water partition coefficient (Wildman–Crippen LogP) is 4.63. The second-order valence-electron chi connectivity index (χ2n) is 8.22. The van der Waals surface area contributed by atoms with E-state index in [-0.39, 0.29) is 24.1 Å². The molecule has 1 fully saturated rings. The van der Waals surface area contributed by atoms with E-state index in [0.717, 1.165) is 31.5 Å². The summed E-state index contributed by atoms with van der Waals surface area (Å²) in [6.45, 7) is 2.69. The number of carbonyl (C=O) groups is 1. The highest BCUT2D eigenvalue weighted by Crippen LogP contribution is 2.23. The molecule has 0 bridgehead atoms. The fourth-order valence-corrected chi connectivity index (χ4v) is 3.97. The van der Waals surface area contributed by atoms with Crippen LogP contribution in [0.15, 0.2) is 67.0 Å². The van der Waals surface area contributed by atoms with E-state index in [9.17, 15) is 13.6 Å². The average Bonchev–Trinajstić information content (AvgIpc) is 2.86. The van der Waals surface area contributed by atoms with E-state index in [1.54, 1.807) is 24.5 Å². The molecule has 0 unspecified atom stereocenters. The Balaban J connectivity index is 1.25. The molecule has 5 nitrogen and oxygen atoms in total. The zero-order valence-electron chi connectivity index (χ0n) is 18.3. The zero-order chi connectivity index (χ0) is 23.0. The first kappa shape index (κ1) is 22.7. The van der Waals surface area contributed by atoms with Crippen LogP contribution in [0, 0.1) is 17.6 Å². The number of rotatable bonds is 8. The number of carbonyl (C=O) groups excluding carboxylic acids is 1. The lowest BCUT2D eigenvalue weighted by molar-refractivity contribution is 0.0944. The van der Waals surface area contributed by atoms with Crippen molar-refractivity contribution in [2.45, 2.75) is 19.3 Å². The molecule has 1 aromatic heterocycles. The molecule has 3 aromatic rings. The molecule has 7 heteroatoms. The van der Waals surface area contributed by atoms with E-state index in [4.69, 9.17) is 4.74 Å². The number of anilines is 1. The highest BCUT2D eigenvalue weighted by Gasteiger charge is 2.20. The lowest BCUT2D eigenvalue weighted by Gasteiger charge is -2.33. The maximum absolute atomic E-state index is 14.2. The van der Waals surface area contributed by atoms with Gasteiger partial charge in [0.1, 0.15) is 5.82 Å². The molecule has 2 aromatic carbocycles. The highest BCUT2D eigenvalue weighted by atomic mass is 19.1. The minimum absolute atomic E-state index is 0.0374. The van der Waals surface area contributed by atoms with E-state index in [1.807, 2.05) is 12.1 Å². The van der Waals surface area contributed by atoms with Crippen LogP contribution in [0.5, 0.6) is 5.75 Å². The molecule has 1 aliphatic rings. The second-order valence-corrected chi connectivity index (χ2v) is 8.22. The van der Waals surface area contributed by atoms with Gasteiger partial charge in [-0.05, 0) is 66.8 Å². The van der Waals surface area contributed by atoms with Gasteiger partial charge in [0.15, 0.2) is 11.6 Å². The number of hydrogen-bond donors (Lipinski definition) is 1.